The van der Waals surface area contributed by atoms with Crippen LogP contribution in [0, 0.1) is 6.92 Å². The molecule has 17 heavy (non-hydrogen) atoms. The van der Waals surface area contributed by atoms with Gasteiger partial charge in [-0.3, -0.25) is 4.79 Å². The molecular formula is C14H18O3. The van der Waals surface area contributed by atoms with E-state index in [1.165, 1.54) is 0 Å². The summed E-state index contributed by atoms with van der Waals surface area (Å²) in [6.45, 7) is 4.88. The van der Waals surface area contributed by atoms with Crippen LogP contribution in [-0.4, -0.2) is 25.1 Å². The van der Waals surface area contributed by atoms with Crippen LogP contribution in [0.4, 0.5) is 0 Å². The lowest BCUT2D eigenvalue weighted by molar-refractivity contribution is 0.0672. The number of hydrogen-bond donors (Lipinski definition) is 0. The van der Waals surface area contributed by atoms with E-state index >= 15 is 0 Å². The number of rotatable bonds is 4. The number of Topliss-reactive ketones (excluding diaryl/α,β-unsaturated/α-hetero) is 1. The second kappa shape index (κ2) is 5.32. The third kappa shape index (κ3) is 3.07. The van der Waals surface area contributed by atoms with Crippen LogP contribution in [0.1, 0.15) is 35.7 Å². The molecule has 1 heterocycles. The monoisotopic (exact) mass is 234 g/mol. The molecule has 0 spiro atoms. The summed E-state index contributed by atoms with van der Waals surface area (Å²) in [7, 11) is 0. The normalized spacial score (nSPS) is 19.3. The molecule has 0 saturated carbocycles. The van der Waals surface area contributed by atoms with Crippen LogP contribution in [-0.2, 0) is 4.74 Å². The molecule has 92 valence electrons. The average Bonchev–Trinajstić information content (AvgIpc) is 2.80. The van der Waals surface area contributed by atoms with Crippen LogP contribution < -0.4 is 4.74 Å². The Kier molecular flexibility index (Phi) is 3.79. The molecule has 1 fully saturated rings. The summed E-state index contributed by atoms with van der Waals surface area (Å²) in [5, 5.41) is 0. The molecule has 2 rings (SSSR count). The van der Waals surface area contributed by atoms with E-state index in [4.69, 9.17) is 9.47 Å². The molecular weight excluding hydrogens is 216 g/mol. The van der Waals surface area contributed by atoms with E-state index in [0.717, 1.165) is 25.0 Å². The zero-order chi connectivity index (χ0) is 12.3. The lowest BCUT2D eigenvalue weighted by Gasteiger charge is -2.14. The van der Waals surface area contributed by atoms with Crippen molar-refractivity contribution in [3.63, 3.8) is 0 Å². The van der Waals surface area contributed by atoms with Gasteiger partial charge in [-0.15, -0.1) is 0 Å². The molecule has 1 atom stereocenters. The molecule has 0 N–H and O–H groups in total. The summed E-state index contributed by atoms with van der Waals surface area (Å²) in [6, 6.07) is 5.69. The van der Waals surface area contributed by atoms with Crippen LogP contribution in [0.5, 0.6) is 5.75 Å². The minimum Gasteiger partial charge on any atom is -0.490 e. The standard InChI is InChI=1S/C14H18O3/c1-10-5-6-14(13(8-10)11(2)15)17-9-12-4-3-7-16-12/h5-6,8,12H,3-4,7,9H2,1-2H3. The van der Waals surface area contributed by atoms with E-state index in [9.17, 15) is 4.79 Å². The fourth-order valence-electron chi connectivity index (χ4n) is 2.00. The van der Waals surface area contributed by atoms with Crippen molar-refractivity contribution in [1.82, 2.24) is 0 Å². The third-order valence-corrected chi connectivity index (χ3v) is 2.96. The zero-order valence-electron chi connectivity index (χ0n) is 10.4. The number of ether oxygens (including phenoxy) is 2. The van der Waals surface area contributed by atoms with E-state index in [2.05, 4.69) is 0 Å². The largest absolute Gasteiger partial charge is 0.490 e. The SMILES string of the molecule is CC(=O)c1cc(C)ccc1OCC1CCCO1. The average molecular weight is 234 g/mol. The minimum absolute atomic E-state index is 0.0380. The molecule has 1 aliphatic rings. The van der Waals surface area contributed by atoms with Gasteiger partial charge in [0.05, 0.1) is 11.7 Å². The Bertz CT molecular complexity index is 406. The highest BCUT2D eigenvalue weighted by Crippen LogP contribution is 2.22. The second-order valence-electron chi connectivity index (χ2n) is 4.50. The van der Waals surface area contributed by atoms with Gasteiger partial charge in [-0.25, -0.2) is 0 Å². The Labute approximate surface area is 102 Å². The van der Waals surface area contributed by atoms with Crippen LogP contribution in [0.2, 0.25) is 0 Å². The van der Waals surface area contributed by atoms with Gasteiger partial charge in [0.2, 0.25) is 0 Å². The number of aryl methyl sites for hydroxylation is 1. The molecule has 1 aliphatic heterocycles. The topological polar surface area (TPSA) is 35.5 Å². The third-order valence-electron chi connectivity index (χ3n) is 2.96. The number of hydrogen-bond acceptors (Lipinski definition) is 3. The molecule has 3 nitrogen and oxygen atoms in total. The number of carbonyl (C=O) groups is 1. The van der Waals surface area contributed by atoms with Gasteiger partial charge < -0.3 is 9.47 Å². The van der Waals surface area contributed by atoms with Gasteiger partial charge in [-0.1, -0.05) is 11.6 Å². The summed E-state index contributed by atoms with van der Waals surface area (Å²) in [5.41, 5.74) is 1.72. The highest BCUT2D eigenvalue weighted by Gasteiger charge is 2.17. The lowest BCUT2D eigenvalue weighted by atomic mass is 10.1. The Morgan fingerprint density at radius 2 is 2.35 bits per heavy atom. The van der Waals surface area contributed by atoms with Crippen molar-refractivity contribution in [3.8, 4) is 5.75 Å². The fourth-order valence-corrected chi connectivity index (χ4v) is 2.00. The Morgan fingerprint density at radius 1 is 1.53 bits per heavy atom. The molecule has 0 aliphatic carbocycles. The molecule has 1 aromatic carbocycles. The zero-order valence-corrected chi connectivity index (χ0v) is 10.4. The van der Waals surface area contributed by atoms with E-state index in [1.54, 1.807) is 6.92 Å². The summed E-state index contributed by atoms with van der Waals surface area (Å²) in [5.74, 6) is 0.703. The van der Waals surface area contributed by atoms with Gasteiger partial charge in [0.15, 0.2) is 5.78 Å². The Morgan fingerprint density at radius 3 is 3.00 bits per heavy atom. The predicted octanol–water partition coefficient (Wildman–Crippen LogP) is 2.76. The van der Waals surface area contributed by atoms with Crippen LogP contribution in [0.15, 0.2) is 18.2 Å². The van der Waals surface area contributed by atoms with E-state index < -0.39 is 0 Å². The van der Waals surface area contributed by atoms with Crippen molar-refractivity contribution in [2.45, 2.75) is 32.8 Å². The first-order valence-electron chi connectivity index (χ1n) is 6.03. The molecule has 0 amide bonds. The summed E-state index contributed by atoms with van der Waals surface area (Å²) in [4.78, 5) is 11.5. The van der Waals surface area contributed by atoms with Gasteiger partial charge in [-0.2, -0.15) is 0 Å². The van der Waals surface area contributed by atoms with Crippen molar-refractivity contribution >= 4 is 5.78 Å². The van der Waals surface area contributed by atoms with Crippen molar-refractivity contribution in [2.24, 2.45) is 0 Å². The molecule has 1 aromatic rings. The molecule has 0 radical (unpaired) electrons. The smallest absolute Gasteiger partial charge is 0.163 e. The first kappa shape index (κ1) is 12.1. The Balaban J connectivity index is 2.06. The molecule has 0 aromatic heterocycles. The Hall–Kier alpha value is -1.35. The van der Waals surface area contributed by atoms with Gasteiger partial charge in [0, 0.05) is 6.61 Å². The fraction of sp³-hybridized carbons (Fsp3) is 0.500. The summed E-state index contributed by atoms with van der Waals surface area (Å²) in [6.07, 6.45) is 2.32. The molecule has 3 heteroatoms. The van der Waals surface area contributed by atoms with Gasteiger partial charge >= 0.3 is 0 Å². The lowest BCUT2D eigenvalue weighted by Crippen LogP contribution is -2.17. The van der Waals surface area contributed by atoms with E-state index in [-0.39, 0.29) is 11.9 Å². The maximum atomic E-state index is 11.5. The van der Waals surface area contributed by atoms with Crippen LogP contribution in [0.3, 0.4) is 0 Å². The number of ketones is 1. The predicted molar refractivity (Wildman–Crippen MR) is 65.7 cm³/mol. The van der Waals surface area contributed by atoms with Crippen molar-refractivity contribution in [1.29, 1.82) is 0 Å². The minimum atomic E-state index is 0.0380. The first-order chi connectivity index (χ1) is 8.16. The van der Waals surface area contributed by atoms with E-state index in [0.29, 0.717) is 17.9 Å². The maximum absolute atomic E-state index is 11.5. The van der Waals surface area contributed by atoms with Crippen molar-refractivity contribution in [3.05, 3.63) is 29.3 Å². The van der Waals surface area contributed by atoms with Crippen molar-refractivity contribution in [2.75, 3.05) is 13.2 Å². The molecule has 0 bridgehead atoms. The molecule has 1 unspecified atom stereocenters. The van der Waals surface area contributed by atoms with Gasteiger partial charge in [-0.05, 0) is 38.8 Å². The van der Waals surface area contributed by atoms with Crippen LogP contribution >= 0.6 is 0 Å². The molecule has 1 saturated heterocycles. The van der Waals surface area contributed by atoms with Crippen molar-refractivity contribution < 1.29 is 14.3 Å². The summed E-state index contributed by atoms with van der Waals surface area (Å²) >= 11 is 0. The van der Waals surface area contributed by atoms with Crippen LogP contribution in [0.25, 0.3) is 0 Å². The number of benzene rings is 1. The second-order valence-corrected chi connectivity index (χ2v) is 4.50. The maximum Gasteiger partial charge on any atom is 0.163 e. The quantitative estimate of drug-likeness (QED) is 0.751. The first-order valence-corrected chi connectivity index (χ1v) is 6.03. The number of carbonyl (C=O) groups excluding carboxylic acids is 1. The summed E-state index contributed by atoms with van der Waals surface area (Å²) < 4.78 is 11.2. The highest BCUT2D eigenvalue weighted by atomic mass is 16.5. The highest BCUT2D eigenvalue weighted by molar-refractivity contribution is 5.97. The van der Waals surface area contributed by atoms with E-state index in [1.807, 2.05) is 25.1 Å². The van der Waals surface area contributed by atoms with Gasteiger partial charge in [0.25, 0.3) is 0 Å². The van der Waals surface area contributed by atoms with Gasteiger partial charge in [0.1, 0.15) is 12.4 Å².